The maximum Gasteiger partial charge on any atom is 0.417 e. The number of alkyl halides is 3. The van der Waals surface area contributed by atoms with Crippen molar-refractivity contribution < 1.29 is 35.9 Å². The lowest BCUT2D eigenvalue weighted by Crippen LogP contribution is -2.40. The van der Waals surface area contributed by atoms with Crippen molar-refractivity contribution in [3.63, 3.8) is 0 Å². The molecule has 1 aromatic carbocycles. The van der Waals surface area contributed by atoms with Gasteiger partial charge in [0.1, 0.15) is 5.54 Å². The Hall–Kier alpha value is -2.85. The van der Waals surface area contributed by atoms with Crippen LogP contribution in [0.25, 0.3) is 0 Å². The van der Waals surface area contributed by atoms with Crippen molar-refractivity contribution in [1.29, 1.82) is 5.26 Å². The minimum Gasteiger partial charge on any atom is -0.430 e. The number of amides is 2. The molecule has 178 valence electrons. The summed E-state index contributed by atoms with van der Waals surface area (Å²) in [4.78, 5) is 24.2. The zero-order valence-electron chi connectivity index (χ0n) is 17.3. The number of benzene rings is 1. The predicted octanol–water partition coefficient (Wildman–Crippen LogP) is 2.08. The van der Waals surface area contributed by atoms with Crippen LogP contribution in [0.5, 0.6) is 0 Å². The van der Waals surface area contributed by atoms with Gasteiger partial charge in [0.15, 0.2) is 16.1 Å². The number of sulfone groups is 1. The van der Waals surface area contributed by atoms with Gasteiger partial charge < -0.3 is 15.0 Å². The highest BCUT2D eigenvalue weighted by molar-refractivity contribution is 7.92. The van der Waals surface area contributed by atoms with Crippen LogP contribution in [-0.4, -0.2) is 50.5 Å². The highest BCUT2D eigenvalue weighted by Crippen LogP contribution is 2.39. The number of anilines is 1. The van der Waals surface area contributed by atoms with Gasteiger partial charge in [0.2, 0.25) is 5.91 Å². The topological polar surface area (TPSA) is 129 Å². The number of nitriles is 1. The third kappa shape index (κ3) is 4.63. The average molecular weight is 486 g/mol. The van der Waals surface area contributed by atoms with Crippen LogP contribution in [0, 0.1) is 11.3 Å². The molecule has 0 aromatic heterocycles. The normalized spacial score (nSPS) is 24.4. The number of nitrogens with zero attached hydrogens (tertiary/aromatic N) is 2. The molecule has 0 unspecified atom stereocenters. The maximum atomic E-state index is 13.8. The summed E-state index contributed by atoms with van der Waals surface area (Å²) in [6.07, 6.45) is -5.45. The highest BCUT2D eigenvalue weighted by atomic mass is 32.2. The summed E-state index contributed by atoms with van der Waals surface area (Å²) in [6, 6.07) is 4.72. The molecule has 9 nitrogen and oxygen atoms in total. The maximum absolute atomic E-state index is 13.8. The standard InChI is InChI=1S/C20H21F3N4O5S/c21-20(22,23)14-8-12(27-7-1-2-17(27)28)3-4-15(14)33(30,31)13-9-16(25-10-13)32-18(29)26-19(11-24)5-6-19/h3-4,8,13,16,25H,1-2,5-7,9-10H2,(H,26,29)/t13-,16+/m1/s1. The van der Waals surface area contributed by atoms with E-state index in [0.717, 1.165) is 6.07 Å². The van der Waals surface area contributed by atoms with E-state index in [4.69, 9.17) is 10.00 Å². The first-order valence-corrected chi connectivity index (χ1v) is 11.9. The second kappa shape index (κ2) is 8.18. The first kappa shape index (κ1) is 23.3. The molecule has 13 heteroatoms. The van der Waals surface area contributed by atoms with Crippen LogP contribution >= 0.6 is 0 Å². The van der Waals surface area contributed by atoms with Gasteiger partial charge in [-0.25, -0.2) is 13.2 Å². The summed E-state index contributed by atoms with van der Waals surface area (Å²) < 4.78 is 72.7. The average Bonchev–Trinajstić information content (AvgIpc) is 3.13. The van der Waals surface area contributed by atoms with E-state index in [1.165, 1.54) is 11.0 Å². The molecule has 1 saturated carbocycles. The van der Waals surface area contributed by atoms with Crippen molar-refractivity contribution in [2.75, 3.05) is 18.0 Å². The van der Waals surface area contributed by atoms with Crippen LogP contribution in [0.15, 0.2) is 23.1 Å². The number of carbonyl (C=O) groups excluding carboxylic acids is 2. The van der Waals surface area contributed by atoms with E-state index >= 15 is 0 Å². The lowest BCUT2D eigenvalue weighted by atomic mass is 10.2. The van der Waals surface area contributed by atoms with Crippen LogP contribution < -0.4 is 15.5 Å². The van der Waals surface area contributed by atoms with Crippen LogP contribution in [0.3, 0.4) is 0 Å². The molecule has 2 atom stereocenters. The largest absolute Gasteiger partial charge is 0.430 e. The quantitative estimate of drug-likeness (QED) is 0.652. The molecule has 2 heterocycles. The molecule has 0 spiro atoms. The van der Waals surface area contributed by atoms with Crippen LogP contribution in [0.2, 0.25) is 0 Å². The van der Waals surface area contributed by atoms with Gasteiger partial charge in [-0.3, -0.25) is 10.1 Å². The Bertz CT molecular complexity index is 1130. The minimum absolute atomic E-state index is 0.00213. The number of nitrogens with one attached hydrogen (secondary N) is 2. The molecule has 3 fully saturated rings. The van der Waals surface area contributed by atoms with Gasteiger partial charge in [0, 0.05) is 31.6 Å². The van der Waals surface area contributed by atoms with E-state index < -0.39 is 49.6 Å². The lowest BCUT2D eigenvalue weighted by Gasteiger charge is -2.21. The van der Waals surface area contributed by atoms with Crippen molar-refractivity contribution in [3.8, 4) is 6.07 Å². The molecular weight excluding hydrogens is 465 g/mol. The molecule has 2 N–H and O–H groups in total. The fourth-order valence-electron chi connectivity index (χ4n) is 3.99. The summed E-state index contributed by atoms with van der Waals surface area (Å²) in [5, 5.41) is 12.8. The second-order valence-corrected chi connectivity index (χ2v) is 10.5. The Morgan fingerprint density at radius 3 is 2.64 bits per heavy atom. The van der Waals surface area contributed by atoms with E-state index in [-0.39, 0.29) is 37.5 Å². The molecule has 2 saturated heterocycles. The Morgan fingerprint density at radius 1 is 1.33 bits per heavy atom. The molecule has 2 amide bonds. The van der Waals surface area contributed by atoms with E-state index in [9.17, 15) is 31.2 Å². The van der Waals surface area contributed by atoms with Crippen molar-refractivity contribution in [3.05, 3.63) is 23.8 Å². The molecule has 0 radical (unpaired) electrons. The summed E-state index contributed by atoms with van der Waals surface area (Å²) in [7, 11) is -4.45. The first-order chi connectivity index (χ1) is 15.4. The summed E-state index contributed by atoms with van der Waals surface area (Å²) >= 11 is 0. The van der Waals surface area contributed by atoms with Crippen molar-refractivity contribution in [2.24, 2.45) is 0 Å². The van der Waals surface area contributed by atoms with Crippen LogP contribution in [0.4, 0.5) is 23.7 Å². The van der Waals surface area contributed by atoms with E-state index in [1.54, 1.807) is 0 Å². The van der Waals surface area contributed by atoms with Gasteiger partial charge in [0.25, 0.3) is 0 Å². The number of ether oxygens (including phenoxy) is 1. The third-order valence-electron chi connectivity index (χ3n) is 6.00. The van der Waals surface area contributed by atoms with Gasteiger partial charge in [-0.05, 0) is 37.5 Å². The Balaban J connectivity index is 1.52. The third-order valence-corrected chi connectivity index (χ3v) is 8.21. The van der Waals surface area contributed by atoms with Crippen molar-refractivity contribution >= 4 is 27.5 Å². The van der Waals surface area contributed by atoms with E-state index in [1.807, 2.05) is 6.07 Å². The number of carbonyl (C=O) groups is 2. The smallest absolute Gasteiger partial charge is 0.417 e. The number of halogens is 3. The van der Waals surface area contributed by atoms with Crippen LogP contribution in [-0.2, 0) is 25.5 Å². The Labute approximate surface area is 187 Å². The van der Waals surface area contributed by atoms with Gasteiger partial charge in [-0.1, -0.05) is 0 Å². The predicted molar refractivity (Wildman–Crippen MR) is 108 cm³/mol. The van der Waals surface area contributed by atoms with E-state index in [2.05, 4.69) is 10.6 Å². The second-order valence-electron chi connectivity index (χ2n) is 8.35. The molecule has 1 aromatic rings. The molecule has 33 heavy (non-hydrogen) atoms. The number of hydrogen-bond donors (Lipinski definition) is 2. The molecule has 1 aliphatic carbocycles. The molecule has 2 aliphatic heterocycles. The fraction of sp³-hybridized carbons (Fsp3) is 0.550. The van der Waals surface area contributed by atoms with E-state index in [0.29, 0.717) is 25.3 Å². The molecule has 4 rings (SSSR count). The summed E-state index contributed by atoms with van der Waals surface area (Å²) in [5.74, 6) is -0.318. The zero-order valence-corrected chi connectivity index (χ0v) is 18.1. The monoisotopic (exact) mass is 486 g/mol. The number of alkyl carbamates (subject to hydrolysis) is 1. The SMILES string of the molecule is N#CC1(NC(=O)O[C@H]2C[C@@H](S(=O)(=O)c3ccc(N4CCCC4=O)cc3C(F)(F)F)CN2)CC1. The molecule has 3 aliphatic rings. The first-order valence-electron chi connectivity index (χ1n) is 10.3. The Morgan fingerprint density at radius 2 is 2.06 bits per heavy atom. The summed E-state index contributed by atoms with van der Waals surface area (Å²) in [6.45, 7) is 0.0519. The van der Waals surface area contributed by atoms with Gasteiger partial charge in [0.05, 0.1) is 21.8 Å². The Kier molecular flexibility index (Phi) is 5.78. The fourth-order valence-corrected chi connectivity index (χ4v) is 5.84. The van der Waals surface area contributed by atoms with Crippen LogP contribution in [0.1, 0.15) is 37.7 Å². The zero-order chi connectivity index (χ0) is 24.0. The molecular formula is C20H21F3N4O5S. The van der Waals surface area contributed by atoms with Gasteiger partial charge in [-0.2, -0.15) is 18.4 Å². The van der Waals surface area contributed by atoms with Gasteiger partial charge in [-0.15, -0.1) is 0 Å². The number of rotatable bonds is 5. The van der Waals surface area contributed by atoms with Crippen molar-refractivity contribution in [1.82, 2.24) is 10.6 Å². The summed E-state index contributed by atoms with van der Waals surface area (Å²) in [5.41, 5.74) is -2.31. The lowest BCUT2D eigenvalue weighted by molar-refractivity contribution is -0.139. The highest BCUT2D eigenvalue weighted by Gasteiger charge is 2.47. The minimum atomic E-state index is -4.96. The number of hydrogen-bond acceptors (Lipinski definition) is 7. The van der Waals surface area contributed by atoms with Crippen molar-refractivity contribution in [2.45, 2.75) is 60.2 Å². The molecule has 0 bridgehead atoms. The van der Waals surface area contributed by atoms with Gasteiger partial charge >= 0.3 is 12.3 Å².